The van der Waals surface area contributed by atoms with Gasteiger partial charge in [-0.15, -0.1) is 11.3 Å². The zero-order chi connectivity index (χ0) is 22.2. The molecule has 164 valence electrons. The van der Waals surface area contributed by atoms with Gasteiger partial charge in [0, 0.05) is 16.0 Å². The molecule has 2 heterocycles. The molecule has 2 amide bonds. The number of ether oxygens (including phenoxy) is 1. The predicted octanol–water partition coefficient (Wildman–Crippen LogP) is 3.56. The molecular weight excluding hydrogens is 426 g/mol. The molecule has 0 radical (unpaired) electrons. The van der Waals surface area contributed by atoms with Gasteiger partial charge in [0.15, 0.2) is 6.61 Å². The fourth-order valence-corrected chi connectivity index (χ4v) is 6.04. The fourth-order valence-electron chi connectivity index (χ4n) is 4.72. The van der Waals surface area contributed by atoms with Crippen molar-refractivity contribution in [3.8, 4) is 0 Å². The summed E-state index contributed by atoms with van der Waals surface area (Å²) in [4.78, 5) is 43.4. The SMILES string of the molecule is NC(=O)c1c(NC(=O)COC(=O)c2c3c(nc4ccccc24)CCCC3)sc2c1CCC2. The number of primary amides is 1. The van der Waals surface area contributed by atoms with Crippen molar-refractivity contribution in [3.05, 3.63) is 57.1 Å². The van der Waals surface area contributed by atoms with Gasteiger partial charge in [-0.05, 0) is 62.1 Å². The number of carbonyl (C=O) groups is 3. The average molecular weight is 450 g/mol. The molecule has 0 fully saturated rings. The van der Waals surface area contributed by atoms with Crippen LogP contribution in [0.15, 0.2) is 24.3 Å². The number of aromatic nitrogens is 1. The number of nitrogens with two attached hydrogens (primary N) is 1. The third kappa shape index (κ3) is 3.64. The van der Waals surface area contributed by atoms with E-state index in [0.717, 1.165) is 77.5 Å². The summed E-state index contributed by atoms with van der Waals surface area (Å²) < 4.78 is 5.42. The van der Waals surface area contributed by atoms with Crippen LogP contribution in [0.2, 0.25) is 0 Å². The third-order valence-electron chi connectivity index (χ3n) is 6.13. The minimum Gasteiger partial charge on any atom is -0.452 e. The normalized spacial score (nSPS) is 14.6. The monoisotopic (exact) mass is 449 g/mol. The van der Waals surface area contributed by atoms with Crippen LogP contribution >= 0.6 is 11.3 Å². The zero-order valence-electron chi connectivity index (χ0n) is 17.5. The highest BCUT2D eigenvalue weighted by molar-refractivity contribution is 7.17. The largest absolute Gasteiger partial charge is 0.452 e. The number of hydrogen-bond acceptors (Lipinski definition) is 6. The molecule has 0 aliphatic heterocycles. The second-order valence-electron chi connectivity index (χ2n) is 8.19. The van der Waals surface area contributed by atoms with Crippen molar-refractivity contribution < 1.29 is 19.1 Å². The predicted molar refractivity (Wildman–Crippen MR) is 122 cm³/mol. The maximum Gasteiger partial charge on any atom is 0.339 e. The summed E-state index contributed by atoms with van der Waals surface area (Å²) in [6.07, 6.45) is 6.29. The number of nitrogens with one attached hydrogen (secondary N) is 1. The average Bonchev–Trinajstić information content (AvgIpc) is 3.36. The van der Waals surface area contributed by atoms with Crippen LogP contribution in [0.5, 0.6) is 0 Å². The highest BCUT2D eigenvalue weighted by Gasteiger charge is 2.27. The first-order chi connectivity index (χ1) is 15.5. The van der Waals surface area contributed by atoms with Crippen LogP contribution in [0, 0.1) is 0 Å². The van der Waals surface area contributed by atoms with E-state index >= 15 is 0 Å². The van der Waals surface area contributed by atoms with Gasteiger partial charge in [-0.1, -0.05) is 18.2 Å². The second-order valence-corrected chi connectivity index (χ2v) is 9.29. The fraction of sp³-hybridized carbons (Fsp3) is 0.333. The molecule has 0 bridgehead atoms. The first-order valence-electron chi connectivity index (χ1n) is 10.8. The lowest BCUT2D eigenvalue weighted by Crippen LogP contribution is -2.24. The van der Waals surface area contributed by atoms with Gasteiger partial charge in [0.25, 0.3) is 11.8 Å². The first-order valence-corrected chi connectivity index (χ1v) is 11.7. The van der Waals surface area contributed by atoms with Crippen LogP contribution in [0.4, 0.5) is 5.00 Å². The molecule has 3 N–H and O–H groups in total. The first kappa shape index (κ1) is 20.6. The molecule has 0 unspecified atom stereocenters. The molecule has 7 nitrogen and oxygen atoms in total. The number of para-hydroxylation sites is 1. The molecular formula is C24H23N3O4S. The number of carbonyl (C=O) groups excluding carboxylic acids is 3. The number of rotatable bonds is 5. The van der Waals surface area contributed by atoms with Gasteiger partial charge in [0.05, 0.1) is 16.6 Å². The van der Waals surface area contributed by atoms with Gasteiger partial charge in [0.2, 0.25) is 0 Å². The lowest BCUT2D eigenvalue weighted by molar-refractivity contribution is -0.119. The van der Waals surface area contributed by atoms with E-state index in [9.17, 15) is 14.4 Å². The number of esters is 1. The van der Waals surface area contributed by atoms with E-state index in [2.05, 4.69) is 5.32 Å². The Bertz CT molecular complexity index is 1260. The lowest BCUT2D eigenvalue weighted by Gasteiger charge is -2.19. The number of amides is 2. The van der Waals surface area contributed by atoms with E-state index in [1.165, 1.54) is 11.3 Å². The molecule has 32 heavy (non-hydrogen) atoms. The number of nitrogens with zero attached hydrogens (tertiary/aromatic N) is 1. The van der Waals surface area contributed by atoms with Crippen molar-refractivity contribution in [3.63, 3.8) is 0 Å². The Hall–Kier alpha value is -3.26. The van der Waals surface area contributed by atoms with Crippen molar-refractivity contribution >= 4 is 45.0 Å². The van der Waals surface area contributed by atoms with Gasteiger partial charge >= 0.3 is 5.97 Å². The van der Waals surface area contributed by atoms with Crippen LogP contribution in [-0.4, -0.2) is 29.4 Å². The van der Waals surface area contributed by atoms with Crippen LogP contribution in [-0.2, 0) is 35.2 Å². The van der Waals surface area contributed by atoms with Crippen molar-refractivity contribution in [1.29, 1.82) is 0 Å². The molecule has 1 aromatic carbocycles. The molecule has 0 atom stereocenters. The highest BCUT2D eigenvalue weighted by atomic mass is 32.1. The van der Waals surface area contributed by atoms with Gasteiger partial charge in [-0.2, -0.15) is 0 Å². The maximum atomic E-state index is 13.1. The van der Waals surface area contributed by atoms with Crippen molar-refractivity contribution in [2.45, 2.75) is 44.9 Å². The van der Waals surface area contributed by atoms with E-state index in [4.69, 9.17) is 15.5 Å². The molecule has 3 aromatic rings. The Morgan fingerprint density at radius 2 is 1.78 bits per heavy atom. The Balaban J connectivity index is 1.35. The van der Waals surface area contributed by atoms with E-state index in [1.807, 2.05) is 24.3 Å². The van der Waals surface area contributed by atoms with Crippen LogP contribution < -0.4 is 11.1 Å². The van der Waals surface area contributed by atoms with E-state index < -0.39 is 24.4 Å². The molecule has 0 saturated heterocycles. The minimum absolute atomic E-state index is 0.386. The number of benzene rings is 1. The van der Waals surface area contributed by atoms with E-state index in [0.29, 0.717) is 16.1 Å². The molecule has 0 saturated carbocycles. The molecule has 2 aliphatic rings. The van der Waals surface area contributed by atoms with Gasteiger partial charge in [-0.25, -0.2) is 4.79 Å². The third-order valence-corrected chi connectivity index (χ3v) is 7.34. The van der Waals surface area contributed by atoms with Crippen molar-refractivity contribution in [1.82, 2.24) is 4.98 Å². The number of thiophene rings is 1. The summed E-state index contributed by atoms with van der Waals surface area (Å²) in [6.45, 7) is -0.439. The van der Waals surface area contributed by atoms with Crippen molar-refractivity contribution in [2.24, 2.45) is 5.73 Å². The lowest BCUT2D eigenvalue weighted by atomic mass is 9.90. The van der Waals surface area contributed by atoms with Crippen molar-refractivity contribution in [2.75, 3.05) is 11.9 Å². The number of hydrogen-bond donors (Lipinski definition) is 2. The summed E-state index contributed by atoms with van der Waals surface area (Å²) in [5.74, 6) is -1.57. The number of aryl methyl sites for hydroxylation is 2. The molecule has 2 aromatic heterocycles. The summed E-state index contributed by atoms with van der Waals surface area (Å²) in [5.41, 5.74) is 9.99. The number of fused-ring (bicyclic) bond motifs is 3. The van der Waals surface area contributed by atoms with Gasteiger partial charge in [0.1, 0.15) is 5.00 Å². The minimum atomic E-state index is -0.549. The quantitative estimate of drug-likeness (QED) is 0.579. The Kier molecular flexibility index (Phi) is 5.38. The standard InChI is InChI=1S/C24H23N3O4S/c25-22(29)21-15-8-5-11-18(15)32-23(21)27-19(28)12-31-24(30)20-13-6-1-3-9-16(13)26-17-10-4-2-7-14(17)20/h1,3,6,9H,2,4-5,7-8,10-12H2,(H2,25,29)(H,27,28). The number of pyridine rings is 1. The van der Waals surface area contributed by atoms with E-state index in [-0.39, 0.29) is 0 Å². The number of anilines is 1. The van der Waals surface area contributed by atoms with E-state index in [1.54, 1.807) is 0 Å². The molecule has 5 rings (SSSR count). The summed E-state index contributed by atoms with van der Waals surface area (Å²) in [6, 6.07) is 7.50. The highest BCUT2D eigenvalue weighted by Crippen LogP contribution is 2.38. The Labute approximate surface area is 189 Å². The van der Waals surface area contributed by atoms with Crippen LogP contribution in [0.1, 0.15) is 61.7 Å². The Morgan fingerprint density at radius 3 is 2.62 bits per heavy atom. The Morgan fingerprint density at radius 1 is 1.00 bits per heavy atom. The summed E-state index contributed by atoms with van der Waals surface area (Å²) in [7, 11) is 0. The summed E-state index contributed by atoms with van der Waals surface area (Å²) >= 11 is 1.37. The maximum absolute atomic E-state index is 13.1. The smallest absolute Gasteiger partial charge is 0.339 e. The molecule has 2 aliphatic carbocycles. The molecule has 0 spiro atoms. The van der Waals surface area contributed by atoms with Crippen LogP contribution in [0.25, 0.3) is 10.9 Å². The zero-order valence-corrected chi connectivity index (χ0v) is 18.3. The van der Waals surface area contributed by atoms with Gasteiger partial charge < -0.3 is 15.8 Å². The van der Waals surface area contributed by atoms with Gasteiger partial charge in [-0.3, -0.25) is 14.6 Å². The summed E-state index contributed by atoms with van der Waals surface area (Å²) in [5, 5.41) is 3.90. The molecule has 8 heteroatoms. The topological polar surface area (TPSA) is 111 Å². The van der Waals surface area contributed by atoms with Crippen LogP contribution in [0.3, 0.4) is 0 Å². The second kappa shape index (κ2) is 8.35.